The zero-order valence-corrected chi connectivity index (χ0v) is 10.9. The molecule has 94 valence electrons. The predicted octanol–water partition coefficient (Wildman–Crippen LogP) is 2.95. The number of carbonyl (C=O) groups excluding carboxylic acids is 1. The van der Waals surface area contributed by atoms with Crippen LogP contribution in [0.2, 0.25) is 0 Å². The SMILES string of the molecule is CC(C)c1cnc(NC(=O)OC(C)(C)C)cn1. The lowest BCUT2D eigenvalue weighted by Gasteiger charge is -2.19. The van der Waals surface area contributed by atoms with Gasteiger partial charge in [0, 0.05) is 0 Å². The second-order valence-electron chi connectivity index (χ2n) is 5.11. The van der Waals surface area contributed by atoms with E-state index >= 15 is 0 Å². The van der Waals surface area contributed by atoms with Gasteiger partial charge in [-0.1, -0.05) is 13.8 Å². The van der Waals surface area contributed by atoms with Crippen LogP contribution in [0.1, 0.15) is 46.2 Å². The monoisotopic (exact) mass is 237 g/mol. The lowest BCUT2D eigenvalue weighted by molar-refractivity contribution is 0.0635. The van der Waals surface area contributed by atoms with Crippen LogP contribution in [0.15, 0.2) is 12.4 Å². The van der Waals surface area contributed by atoms with Crippen molar-refractivity contribution in [2.75, 3.05) is 5.32 Å². The zero-order valence-electron chi connectivity index (χ0n) is 10.9. The average Bonchev–Trinajstić information content (AvgIpc) is 2.15. The summed E-state index contributed by atoms with van der Waals surface area (Å²) in [6, 6.07) is 0. The van der Waals surface area contributed by atoms with Crippen LogP contribution in [0.25, 0.3) is 0 Å². The molecule has 0 bridgehead atoms. The van der Waals surface area contributed by atoms with Crippen molar-refractivity contribution in [2.24, 2.45) is 0 Å². The molecule has 5 nitrogen and oxygen atoms in total. The molecule has 1 aromatic rings. The van der Waals surface area contributed by atoms with Crippen molar-refractivity contribution in [3.63, 3.8) is 0 Å². The Kier molecular flexibility index (Phi) is 4.04. The number of nitrogens with zero attached hydrogens (tertiary/aromatic N) is 2. The fourth-order valence-electron chi connectivity index (χ4n) is 1.11. The molecule has 0 radical (unpaired) electrons. The van der Waals surface area contributed by atoms with E-state index in [-0.39, 0.29) is 0 Å². The molecule has 0 saturated heterocycles. The maximum Gasteiger partial charge on any atom is 0.413 e. The topological polar surface area (TPSA) is 64.1 Å². The van der Waals surface area contributed by atoms with Crippen molar-refractivity contribution in [3.05, 3.63) is 18.1 Å². The molecule has 0 aromatic carbocycles. The number of carbonyl (C=O) groups is 1. The third-order valence-electron chi connectivity index (χ3n) is 1.89. The molecule has 0 aliphatic heterocycles. The van der Waals surface area contributed by atoms with Crippen molar-refractivity contribution in [2.45, 2.75) is 46.1 Å². The largest absolute Gasteiger partial charge is 0.444 e. The van der Waals surface area contributed by atoms with E-state index in [1.807, 2.05) is 13.8 Å². The Balaban J connectivity index is 2.61. The minimum atomic E-state index is -0.524. The molecule has 1 heterocycles. The van der Waals surface area contributed by atoms with Crippen LogP contribution in [0.5, 0.6) is 0 Å². The van der Waals surface area contributed by atoms with Gasteiger partial charge in [-0.2, -0.15) is 0 Å². The fourth-order valence-corrected chi connectivity index (χ4v) is 1.11. The van der Waals surface area contributed by atoms with E-state index in [1.54, 1.807) is 27.0 Å². The van der Waals surface area contributed by atoms with Crippen LogP contribution in [0, 0.1) is 0 Å². The molecular weight excluding hydrogens is 218 g/mol. The van der Waals surface area contributed by atoms with E-state index < -0.39 is 11.7 Å². The van der Waals surface area contributed by atoms with E-state index in [0.717, 1.165) is 5.69 Å². The molecule has 1 amide bonds. The van der Waals surface area contributed by atoms with Crippen molar-refractivity contribution in [1.82, 2.24) is 9.97 Å². The first-order chi connectivity index (χ1) is 7.78. The quantitative estimate of drug-likeness (QED) is 0.858. The Bertz CT molecular complexity index is 380. The Labute approximate surface area is 102 Å². The van der Waals surface area contributed by atoms with Crippen LogP contribution in [0.3, 0.4) is 0 Å². The smallest absolute Gasteiger partial charge is 0.413 e. The van der Waals surface area contributed by atoms with E-state index in [9.17, 15) is 4.79 Å². The Morgan fingerprint density at radius 3 is 2.35 bits per heavy atom. The number of nitrogens with one attached hydrogen (secondary N) is 1. The summed E-state index contributed by atoms with van der Waals surface area (Å²) in [6.45, 7) is 9.48. The number of hydrogen-bond donors (Lipinski definition) is 1. The molecule has 1 aromatic heterocycles. The summed E-state index contributed by atoms with van der Waals surface area (Å²) in [6.07, 6.45) is 2.65. The summed E-state index contributed by atoms with van der Waals surface area (Å²) in [5, 5.41) is 2.53. The number of hydrogen-bond acceptors (Lipinski definition) is 4. The number of ether oxygens (including phenoxy) is 1. The lowest BCUT2D eigenvalue weighted by Crippen LogP contribution is -2.27. The number of rotatable bonds is 2. The van der Waals surface area contributed by atoms with Gasteiger partial charge in [0.15, 0.2) is 5.82 Å². The van der Waals surface area contributed by atoms with Crippen LogP contribution in [-0.2, 0) is 4.74 Å². The molecule has 5 heteroatoms. The zero-order chi connectivity index (χ0) is 13.1. The maximum atomic E-state index is 11.4. The van der Waals surface area contributed by atoms with Crippen molar-refractivity contribution < 1.29 is 9.53 Å². The second-order valence-corrected chi connectivity index (χ2v) is 5.11. The number of anilines is 1. The molecule has 0 atom stereocenters. The molecule has 0 aliphatic rings. The molecule has 0 fully saturated rings. The van der Waals surface area contributed by atoms with E-state index in [2.05, 4.69) is 15.3 Å². The number of aromatic nitrogens is 2. The van der Waals surface area contributed by atoms with Crippen molar-refractivity contribution >= 4 is 11.9 Å². The normalized spacial score (nSPS) is 11.4. The van der Waals surface area contributed by atoms with Gasteiger partial charge in [0.25, 0.3) is 0 Å². The van der Waals surface area contributed by atoms with Crippen molar-refractivity contribution in [1.29, 1.82) is 0 Å². The molecule has 0 unspecified atom stereocenters. The minimum Gasteiger partial charge on any atom is -0.444 e. The summed E-state index contributed by atoms with van der Waals surface area (Å²) >= 11 is 0. The molecule has 0 saturated carbocycles. The van der Waals surface area contributed by atoms with E-state index in [4.69, 9.17) is 4.74 Å². The van der Waals surface area contributed by atoms with Crippen LogP contribution < -0.4 is 5.32 Å². The standard InChI is InChI=1S/C12H19N3O2/c1-8(2)9-6-14-10(7-13-9)15-11(16)17-12(3,4)5/h6-8H,1-5H3,(H,14,15,16). The van der Waals surface area contributed by atoms with Gasteiger partial charge in [0.05, 0.1) is 18.1 Å². The van der Waals surface area contributed by atoms with Crippen LogP contribution >= 0.6 is 0 Å². The van der Waals surface area contributed by atoms with Crippen molar-refractivity contribution in [3.8, 4) is 0 Å². The van der Waals surface area contributed by atoms with Crippen LogP contribution in [0.4, 0.5) is 10.6 Å². The third-order valence-corrected chi connectivity index (χ3v) is 1.89. The highest BCUT2D eigenvalue weighted by molar-refractivity contribution is 5.83. The Morgan fingerprint density at radius 1 is 1.29 bits per heavy atom. The lowest BCUT2D eigenvalue weighted by atomic mass is 10.1. The third kappa shape index (κ3) is 4.80. The van der Waals surface area contributed by atoms with Gasteiger partial charge in [0.2, 0.25) is 0 Å². The average molecular weight is 237 g/mol. The first-order valence-corrected chi connectivity index (χ1v) is 5.60. The molecule has 0 spiro atoms. The highest BCUT2D eigenvalue weighted by atomic mass is 16.6. The maximum absolute atomic E-state index is 11.4. The molecule has 17 heavy (non-hydrogen) atoms. The summed E-state index contributed by atoms with van der Waals surface area (Å²) in [4.78, 5) is 19.7. The van der Waals surface area contributed by atoms with Gasteiger partial charge >= 0.3 is 6.09 Å². The van der Waals surface area contributed by atoms with E-state index in [0.29, 0.717) is 11.7 Å². The predicted molar refractivity (Wildman–Crippen MR) is 66.0 cm³/mol. The molecule has 1 N–H and O–H groups in total. The molecule has 0 aliphatic carbocycles. The first-order valence-electron chi connectivity index (χ1n) is 5.60. The highest BCUT2D eigenvalue weighted by Crippen LogP contribution is 2.12. The number of amides is 1. The van der Waals surface area contributed by atoms with Crippen LogP contribution in [-0.4, -0.2) is 21.7 Å². The van der Waals surface area contributed by atoms with E-state index in [1.165, 1.54) is 6.20 Å². The minimum absolute atomic E-state index is 0.318. The summed E-state index contributed by atoms with van der Waals surface area (Å²) in [5.41, 5.74) is 0.370. The first kappa shape index (κ1) is 13.4. The Morgan fingerprint density at radius 2 is 1.94 bits per heavy atom. The van der Waals surface area contributed by atoms with Gasteiger partial charge in [0.1, 0.15) is 5.60 Å². The van der Waals surface area contributed by atoms with Gasteiger partial charge in [-0.3, -0.25) is 10.3 Å². The van der Waals surface area contributed by atoms with Gasteiger partial charge in [-0.05, 0) is 26.7 Å². The fraction of sp³-hybridized carbons (Fsp3) is 0.583. The van der Waals surface area contributed by atoms with Gasteiger partial charge in [-0.15, -0.1) is 0 Å². The van der Waals surface area contributed by atoms with Gasteiger partial charge in [-0.25, -0.2) is 9.78 Å². The molecular formula is C12H19N3O2. The van der Waals surface area contributed by atoms with Gasteiger partial charge < -0.3 is 4.74 Å². The summed E-state index contributed by atoms with van der Waals surface area (Å²) in [5.74, 6) is 0.710. The summed E-state index contributed by atoms with van der Waals surface area (Å²) < 4.78 is 5.10. The second kappa shape index (κ2) is 5.12. The Hall–Kier alpha value is -1.65. The highest BCUT2D eigenvalue weighted by Gasteiger charge is 2.16. The molecule has 1 rings (SSSR count). The summed E-state index contributed by atoms with van der Waals surface area (Å²) in [7, 11) is 0.